The zero-order valence-electron chi connectivity index (χ0n) is 44.2. The van der Waals surface area contributed by atoms with E-state index in [4.69, 9.17) is 9.05 Å². The van der Waals surface area contributed by atoms with Gasteiger partial charge in [0.05, 0.1) is 39.9 Å². The van der Waals surface area contributed by atoms with E-state index in [1.807, 2.05) is 27.2 Å². The zero-order valence-corrected chi connectivity index (χ0v) is 45.1. The van der Waals surface area contributed by atoms with Crippen LogP contribution in [0.2, 0.25) is 0 Å². The number of aliphatic hydroxyl groups is 1. The van der Waals surface area contributed by atoms with Gasteiger partial charge in [0.25, 0.3) is 0 Å². The number of phosphoric acid groups is 1. The molecular weight excluding hydrogens is 840 g/mol. The number of likely N-dealkylation sites (N-methyl/N-ethyl adjacent to an activating group) is 1. The highest BCUT2D eigenvalue weighted by molar-refractivity contribution is 7.47. The first-order valence-electron chi connectivity index (χ1n) is 28.0. The minimum atomic E-state index is -4.35. The molecule has 0 spiro atoms. The number of hydrogen-bond acceptors (Lipinski definition) is 5. The minimum absolute atomic E-state index is 0.0568. The molecule has 3 atom stereocenters. The summed E-state index contributed by atoms with van der Waals surface area (Å²) < 4.78 is 23.7. The number of rotatable bonds is 51. The average molecular weight is 950 g/mol. The number of carbonyl (C=O) groups is 1. The first-order chi connectivity index (χ1) is 32.0. The Labute approximate surface area is 409 Å². The van der Waals surface area contributed by atoms with E-state index in [0.29, 0.717) is 17.4 Å². The van der Waals surface area contributed by atoms with Crippen molar-refractivity contribution in [2.45, 2.75) is 270 Å². The molecule has 3 N–H and O–H groups in total. The Balaban J connectivity index is 4.15. The summed E-state index contributed by atoms with van der Waals surface area (Å²) in [5, 5.41) is 13.9. The Morgan fingerprint density at radius 3 is 1.33 bits per heavy atom. The summed E-state index contributed by atoms with van der Waals surface area (Å²) in [5.74, 6) is -0.193. The van der Waals surface area contributed by atoms with Crippen LogP contribution in [0.15, 0.2) is 48.6 Å². The molecule has 0 aromatic carbocycles. The Hall–Kier alpha value is -1.54. The van der Waals surface area contributed by atoms with Crippen LogP contribution in [0, 0.1) is 0 Å². The maximum Gasteiger partial charge on any atom is 0.472 e. The van der Waals surface area contributed by atoms with Gasteiger partial charge in [-0.1, -0.05) is 249 Å². The summed E-state index contributed by atoms with van der Waals surface area (Å²) in [6, 6.07) is -0.857. The lowest BCUT2D eigenvalue weighted by Crippen LogP contribution is -2.45. The summed E-state index contributed by atoms with van der Waals surface area (Å²) in [7, 11) is 1.56. The summed E-state index contributed by atoms with van der Waals surface area (Å²) in [6.45, 7) is 4.71. The average Bonchev–Trinajstić information content (AvgIpc) is 3.28. The Morgan fingerprint density at radius 2 is 0.909 bits per heavy atom. The fourth-order valence-corrected chi connectivity index (χ4v) is 8.91. The number of phosphoric ester groups is 1. The summed E-state index contributed by atoms with van der Waals surface area (Å²) in [6.07, 6.45) is 63.6. The van der Waals surface area contributed by atoms with Gasteiger partial charge in [-0.15, -0.1) is 0 Å². The number of amides is 1. The maximum absolute atomic E-state index is 12.9. The molecule has 0 saturated carbocycles. The van der Waals surface area contributed by atoms with Gasteiger partial charge in [0.1, 0.15) is 13.2 Å². The molecule has 0 aliphatic carbocycles. The number of allylic oxidation sites excluding steroid dienone is 7. The number of quaternary nitrogens is 1. The van der Waals surface area contributed by atoms with Crippen LogP contribution in [0.25, 0.3) is 0 Å². The van der Waals surface area contributed by atoms with Gasteiger partial charge >= 0.3 is 7.82 Å². The molecule has 388 valence electrons. The molecule has 0 rings (SSSR count). The van der Waals surface area contributed by atoms with Gasteiger partial charge < -0.3 is 19.8 Å². The van der Waals surface area contributed by atoms with Gasteiger partial charge in [0.2, 0.25) is 5.91 Å². The number of hydrogen-bond donors (Lipinski definition) is 3. The number of aliphatic hydroxyl groups excluding tert-OH is 1. The van der Waals surface area contributed by atoms with E-state index >= 15 is 0 Å². The Kier molecular flexibility index (Phi) is 47.4. The van der Waals surface area contributed by atoms with E-state index in [1.165, 1.54) is 161 Å². The van der Waals surface area contributed by atoms with Crippen molar-refractivity contribution >= 4 is 13.7 Å². The third-order valence-corrected chi connectivity index (χ3v) is 13.5. The van der Waals surface area contributed by atoms with Gasteiger partial charge in [0, 0.05) is 6.42 Å². The number of nitrogens with zero attached hydrogens (tertiary/aromatic N) is 1. The molecule has 0 aliphatic heterocycles. The third kappa shape index (κ3) is 50.3. The van der Waals surface area contributed by atoms with Gasteiger partial charge in [-0.3, -0.25) is 13.8 Å². The molecule has 0 fully saturated rings. The largest absolute Gasteiger partial charge is 0.472 e. The van der Waals surface area contributed by atoms with E-state index in [0.717, 1.165) is 77.0 Å². The first kappa shape index (κ1) is 64.5. The smallest absolute Gasteiger partial charge is 0.387 e. The topological polar surface area (TPSA) is 105 Å². The van der Waals surface area contributed by atoms with Crippen molar-refractivity contribution in [2.24, 2.45) is 0 Å². The van der Waals surface area contributed by atoms with Crippen molar-refractivity contribution in [3.05, 3.63) is 48.6 Å². The highest BCUT2D eigenvalue weighted by Gasteiger charge is 2.27. The monoisotopic (exact) mass is 950 g/mol. The molecule has 0 heterocycles. The van der Waals surface area contributed by atoms with E-state index in [2.05, 4.69) is 55.6 Å². The summed E-state index contributed by atoms with van der Waals surface area (Å²) in [4.78, 5) is 23.2. The predicted molar refractivity (Wildman–Crippen MR) is 286 cm³/mol. The summed E-state index contributed by atoms with van der Waals surface area (Å²) in [5.41, 5.74) is 0. The van der Waals surface area contributed by atoms with Crippen molar-refractivity contribution in [2.75, 3.05) is 40.9 Å². The normalized spacial score (nSPS) is 14.3. The SMILES string of the molecule is CC/C=C\C/C=C\C/C=C\CCCCCCCC(=O)NC(COP(=O)(O)OCC[N+](C)(C)C)C(O)/C=C/CCCCCCCCCCCCCCCCCCCCCCCCCCCCC. The van der Waals surface area contributed by atoms with Crippen molar-refractivity contribution in [3.63, 3.8) is 0 Å². The van der Waals surface area contributed by atoms with Crippen molar-refractivity contribution in [1.29, 1.82) is 0 Å². The minimum Gasteiger partial charge on any atom is -0.387 e. The lowest BCUT2D eigenvalue weighted by Gasteiger charge is -2.25. The van der Waals surface area contributed by atoms with Crippen molar-refractivity contribution < 1.29 is 32.9 Å². The number of carbonyl (C=O) groups excluding carboxylic acids is 1. The molecule has 0 aliphatic rings. The summed E-state index contributed by atoms with van der Waals surface area (Å²) >= 11 is 0. The van der Waals surface area contributed by atoms with Crippen LogP contribution in [0.5, 0.6) is 0 Å². The van der Waals surface area contributed by atoms with Crippen LogP contribution >= 0.6 is 7.82 Å². The molecular formula is C57H110N2O6P+. The second kappa shape index (κ2) is 48.5. The van der Waals surface area contributed by atoms with E-state index < -0.39 is 20.0 Å². The highest BCUT2D eigenvalue weighted by atomic mass is 31.2. The van der Waals surface area contributed by atoms with Crippen LogP contribution in [0.4, 0.5) is 0 Å². The van der Waals surface area contributed by atoms with E-state index in [9.17, 15) is 19.4 Å². The molecule has 0 bridgehead atoms. The quantitative estimate of drug-likeness (QED) is 0.0243. The molecule has 8 nitrogen and oxygen atoms in total. The van der Waals surface area contributed by atoms with Gasteiger partial charge in [-0.2, -0.15) is 0 Å². The predicted octanol–water partition coefficient (Wildman–Crippen LogP) is 16.8. The van der Waals surface area contributed by atoms with E-state index in [1.54, 1.807) is 6.08 Å². The fourth-order valence-electron chi connectivity index (χ4n) is 8.18. The molecule has 3 unspecified atom stereocenters. The molecule has 0 saturated heterocycles. The molecule has 0 radical (unpaired) electrons. The molecule has 0 aromatic heterocycles. The second-order valence-corrected chi connectivity index (χ2v) is 21.7. The Bertz CT molecular complexity index is 1210. The van der Waals surface area contributed by atoms with Crippen LogP contribution in [0.3, 0.4) is 0 Å². The second-order valence-electron chi connectivity index (χ2n) is 20.3. The molecule has 9 heteroatoms. The van der Waals surface area contributed by atoms with E-state index in [-0.39, 0.29) is 19.1 Å². The standard InChI is InChI=1S/C57H109N2O6P/c1-6-8-10-12-14-16-18-20-22-23-24-25-26-27-28-29-30-31-32-33-34-35-37-38-40-42-44-46-48-50-56(60)55(54-65-66(62,63)64-53-52-59(3,4)5)58-57(61)51-49-47-45-43-41-39-36-21-19-17-15-13-11-9-7-2/h9,11,15,17,21,36,48,50,55-56,60H,6-8,10,12-14,16,18-20,22-35,37-47,49,51-54H2,1-5H3,(H-,58,61,62,63)/p+1/b11-9-,17-15-,36-21-,50-48+. The van der Waals surface area contributed by atoms with Crippen LogP contribution in [-0.4, -0.2) is 73.4 Å². The fraction of sp³-hybridized carbons (Fsp3) is 0.842. The zero-order chi connectivity index (χ0) is 48.5. The third-order valence-electron chi connectivity index (χ3n) is 12.6. The molecule has 66 heavy (non-hydrogen) atoms. The van der Waals surface area contributed by atoms with Crippen LogP contribution in [0.1, 0.15) is 258 Å². The molecule has 0 aromatic rings. The first-order valence-corrected chi connectivity index (χ1v) is 29.5. The van der Waals surface area contributed by atoms with Crippen LogP contribution < -0.4 is 5.32 Å². The van der Waals surface area contributed by atoms with Gasteiger partial charge in [-0.05, 0) is 51.4 Å². The maximum atomic E-state index is 12.9. The number of unbranched alkanes of at least 4 members (excludes halogenated alkanes) is 32. The van der Waals surface area contributed by atoms with Crippen molar-refractivity contribution in [3.8, 4) is 0 Å². The van der Waals surface area contributed by atoms with Crippen molar-refractivity contribution in [1.82, 2.24) is 5.32 Å². The number of nitrogens with one attached hydrogen (secondary N) is 1. The van der Waals surface area contributed by atoms with Crippen LogP contribution in [-0.2, 0) is 18.4 Å². The van der Waals surface area contributed by atoms with Gasteiger partial charge in [-0.25, -0.2) is 4.57 Å². The lowest BCUT2D eigenvalue weighted by atomic mass is 10.0. The Morgan fingerprint density at radius 1 is 0.530 bits per heavy atom. The molecule has 1 amide bonds. The highest BCUT2D eigenvalue weighted by Crippen LogP contribution is 2.43. The lowest BCUT2D eigenvalue weighted by molar-refractivity contribution is -0.870. The van der Waals surface area contributed by atoms with Gasteiger partial charge in [0.15, 0.2) is 0 Å².